The maximum Gasteiger partial charge on any atom is 0.278 e. The highest BCUT2D eigenvalue weighted by molar-refractivity contribution is 6.35. The molecule has 0 aliphatic heterocycles. The molecule has 8 nitrogen and oxygen atoms in total. The van der Waals surface area contributed by atoms with Gasteiger partial charge in [-0.3, -0.25) is 9.20 Å². The van der Waals surface area contributed by atoms with E-state index in [1.54, 1.807) is 15.0 Å². The molecule has 0 atom stereocenters. The molecule has 0 fully saturated rings. The molecule has 0 saturated carbocycles. The fourth-order valence-corrected chi connectivity index (χ4v) is 3.37. The zero-order valence-corrected chi connectivity index (χ0v) is 16.0. The topological polar surface area (TPSA) is 98.5 Å². The molecule has 9 heteroatoms. The van der Waals surface area contributed by atoms with E-state index in [-0.39, 0.29) is 29.0 Å². The van der Waals surface area contributed by atoms with Crippen LogP contribution in [-0.4, -0.2) is 29.2 Å². The number of imidazole rings is 1. The van der Waals surface area contributed by atoms with Crippen LogP contribution < -0.4 is 5.56 Å². The van der Waals surface area contributed by atoms with Crippen molar-refractivity contribution in [2.24, 2.45) is 0 Å². The highest BCUT2D eigenvalue weighted by Crippen LogP contribution is 2.29. The Bertz CT molecular complexity index is 1230. The molecule has 27 heavy (non-hydrogen) atoms. The van der Waals surface area contributed by atoms with Crippen LogP contribution >= 0.6 is 11.6 Å². The third-order valence-electron chi connectivity index (χ3n) is 4.33. The van der Waals surface area contributed by atoms with Crippen LogP contribution in [0.25, 0.3) is 28.1 Å². The van der Waals surface area contributed by atoms with Gasteiger partial charge in [-0.05, 0) is 39.8 Å². The van der Waals surface area contributed by atoms with E-state index in [1.165, 1.54) is 20.2 Å². The van der Waals surface area contributed by atoms with E-state index in [0.717, 1.165) is 5.52 Å². The fraction of sp³-hybridized carbons (Fsp3) is 0.333. The molecule has 3 aromatic heterocycles. The van der Waals surface area contributed by atoms with Gasteiger partial charge >= 0.3 is 0 Å². The number of hydrogen-bond donors (Lipinski definition) is 1. The van der Waals surface area contributed by atoms with Gasteiger partial charge in [0.25, 0.3) is 11.4 Å². The minimum atomic E-state index is -1.29. The maximum atomic E-state index is 13.3. The van der Waals surface area contributed by atoms with E-state index in [1.807, 2.05) is 26.0 Å². The van der Waals surface area contributed by atoms with Crippen LogP contribution in [0.5, 0.6) is 0 Å². The van der Waals surface area contributed by atoms with Crippen molar-refractivity contribution in [1.29, 1.82) is 0 Å². The fourth-order valence-electron chi connectivity index (χ4n) is 3.11. The van der Waals surface area contributed by atoms with Crippen molar-refractivity contribution in [2.45, 2.75) is 39.3 Å². The Hall–Kier alpha value is -2.71. The van der Waals surface area contributed by atoms with Gasteiger partial charge in [0.1, 0.15) is 23.1 Å². The lowest BCUT2D eigenvalue weighted by Gasteiger charge is -2.16. The van der Waals surface area contributed by atoms with E-state index in [2.05, 4.69) is 15.1 Å². The van der Waals surface area contributed by atoms with Crippen LogP contribution in [-0.2, 0) is 5.60 Å². The van der Waals surface area contributed by atoms with Gasteiger partial charge in [0, 0.05) is 6.04 Å². The molecule has 3 heterocycles. The van der Waals surface area contributed by atoms with E-state index >= 15 is 0 Å². The Balaban J connectivity index is 2.11. The van der Waals surface area contributed by atoms with Crippen molar-refractivity contribution in [2.75, 3.05) is 0 Å². The molecule has 0 bridgehead atoms. The summed E-state index contributed by atoms with van der Waals surface area (Å²) < 4.78 is 8.45. The predicted molar refractivity (Wildman–Crippen MR) is 101 cm³/mol. The van der Waals surface area contributed by atoms with E-state index < -0.39 is 5.60 Å². The number of rotatable bonds is 3. The van der Waals surface area contributed by atoms with Crippen molar-refractivity contribution < 1.29 is 9.63 Å². The number of para-hydroxylation sites is 1. The molecule has 4 aromatic rings. The van der Waals surface area contributed by atoms with Crippen molar-refractivity contribution in [3.63, 3.8) is 0 Å². The minimum Gasteiger partial charge on any atom is -0.381 e. The van der Waals surface area contributed by atoms with Crippen LogP contribution in [0.3, 0.4) is 0 Å². The zero-order valence-electron chi connectivity index (χ0n) is 15.3. The molecular formula is C18H18ClN5O3. The van der Waals surface area contributed by atoms with Crippen molar-refractivity contribution in [1.82, 2.24) is 24.1 Å². The largest absolute Gasteiger partial charge is 0.381 e. The Morgan fingerprint density at radius 1 is 1.26 bits per heavy atom. The summed E-state index contributed by atoms with van der Waals surface area (Å²) in [5.41, 5.74) is 0.445. The first-order valence-electron chi connectivity index (χ1n) is 8.47. The average Bonchev–Trinajstić information content (AvgIpc) is 3.22. The summed E-state index contributed by atoms with van der Waals surface area (Å²) in [5, 5.41) is 14.4. The summed E-state index contributed by atoms with van der Waals surface area (Å²) in [6.45, 7) is 6.91. The molecule has 0 saturated heterocycles. The number of aliphatic hydroxyl groups is 1. The second-order valence-corrected chi connectivity index (χ2v) is 7.58. The SMILES string of the molecule is CC(C)n1c(=O)c2c(-c3noc(C(C)(C)O)n3)ncn2c2cccc(Cl)c21. The molecule has 0 radical (unpaired) electrons. The van der Waals surface area contributed by atoms with Gasteiger partial charge in [-0.25, -0.2) is 4.98 Å². The van der Waals surface area contributed by atoms with Crippen LogP contribution in [0.15, 0.2) is 33.8 Å². The third-order valence-corrected chi connectivity index (χ3v) is 4.64. The van der Waals surface area contributed by atoms with Gasteiger partial charge in [0.15, 0.2) is 0 Å². The first kappa shape index (κ1) is 17.7. The molecule has 0 spiro atoms. The second kappa shape index (κ2) is 5.90. The van der Waals surface area contributed by atoms with Gasteiger partial charge in [-0.2, -0.15) is 4.98 Å². The molecule has 4 rings (SSSR count). The van der Waals surface area contributed by atoms with Crippen molar-refractivity contribution in [3.05, 3.63) is 45.8 Å². The van der Waals surface area contributed by atoms with Crippen LogP contribution in [0.2, 0.25) is 5.02 Å². The molecule has 1 N–H and O–H groups in total. The highest BCUT2D eigenvalue weighted by atomic mass is 35.5. The summed E-state index contributed by atoms with van der Waals surface area (Å²) >= 11 is 6.40. The molecule has 0 amide bonds. The smallest absolute Gasteiger partial charge is 0.278 e. The minimum absolute atomic E-state index is 0.0478. The lowest BCUT2D eigenvalue weighted by atomic mass is 10.1. The summed E-state index contributed by atoms with van der Waals surface area (Å²) in [6.07, 6.45) is 1.54. The molecule has 140 valence electrons. The molecule has 1 aromatic carbocycles. The average molecular weight is 388 g/mol. The first-order chi connectivity index (χ1) is 12.7. The van der Waals surface area contributed by atoms with Crippen molar-refractivity contribution in [3.8, 4) is 11.5 Å². The molecule has 0 unspecified atom stereocenters. The van der Waals surface area contributed by atoms with Crippen LogP contribution in [0, 0.1) is 0 Å². The van der Waals surface area contributed by atoms with Gasteiger partial charge in [0.2, 0.25) is 5.82 Å². The zero-order chi connectivity index (χ0) is 19.5. The van der Waals surface area contributed by atoms with Crippen LogP contribution in [0.1, 0.15) is 39.6 Å². The van der Waals surface area contributed by atoms with Gasteiger partial charge in [-0.1, -0.05) is 22.8 Å². The van der Waals surface area contributed by atoms with Crippen molar-refractivity contribution >= 4 is 28.2 Å². The standard InChI is InChI=1S/C18H18ClN5O3/c1-9(2)24-13-10(19)6-5-7-11(13)23-8-20-12(14(23)16(24)25)15-21-17(27-22-15)18(3,4)26/h5-9,26H,1-4H3. The number of aromatic nitrogens is 5. The number of fused-ring (bicyclic) bond motifs is 3. The van der Waals surface area contributed by atoms with Gasteiger partial charge in [0.05, 0.1) is 16.1 Å². The second-order valence-electron chi connectivity index (χ2n) is 7.17. The summed E-state index contributed by atoms with van der Waals surface area (Å²) in [4.78, 5) is 21.9. The van der Waals surface area contributed by atoms with E-state index in [0.29, 0.717) is 16.1 Å². The summed E-state index contributed by atoms with van der Waals surface area (Å²) in [7, 11) is 0. The Labute approximate surface area is 159 Å². The molecule has 0 aliphatic carbocycles. The predicted octanol–water partition coefficient (Wildman–Crippen LogP) is 3.16. The number of hydrogen-bond acceptors (Lipinski definition) is 6. The lowest BCUT2D eigenvalue weighted by molar-refractivity contribution is 0.0420. The number of nitrogens with zero attached hydrogens (tertiary/aromatic N) is 5. The molecule has 0 aliphatic rings. The third kappa shape index (κ3) is 2.64. The van der Waals surface area contributed by atoms with Crippen LogP contribution in [0.4, 0.5) is 0 Å². The monoisotopic (exact) mass is 387 g/mol. The number of halogens is 1. The van der Waals surface area contributed by atoms with Gasteiger partial charge in [-0.15, -0.1) is 0 Å². The summed E-state index contributed by atoms with van der Waals surface area (Å²) in [5.74, 6) is 0.190. The van der Waals surface area contributed by atoms with Gasteiger partial charge < -0.3 is 14.2 Å². The highest BCUT2D eigenvalue weighted by Gasteiger charge is 2.27. The first-order valence-corrected chi connectivity index (χ1v) is 8.84. The maximum absolute atomic E-state index is 13.3. The Kier molecular flexibility index (Phi) is 3.87. The Morgan fingerprint density at radius 2 is 2.00 bits per heavy atom. The summed E-state index contributed by atoms with van der Waals surface area (Å²) in [6, 6.07) is 5.32. The normalized spacial score (nSPS) is 12.6. The molecular weight excluding hydrogens is 370 g/mol. The van der Waals surface area contributed by atoms with E-state index in [4.69, 9.17) is 16.1 Å². The number of benzene rings is 1. The Morgan fingerprint density at radius 3 is 2.63 bits per heavy atom. The quantitative estimate of drug-likeness (QED) is 0.579. The van der Waals surface area contributed by atoms with E-state index in [9.17, 15) is 9.90 Å². The lowest BCUT2D eigenvalue weighted by Crippen LogP contribution is -2.25.